The van der Waals surface area contributed by atoms with Crippen LogP contribution in [-0.2, 0) is 19.4 Å². The summed E-state index contributed by atoms with van der Waals surface area (Å²) in [6, 6.07) is 15.1. The Balaban J connectivity index is 1.95. The molecule has 0 aliphatic rings. The lowest BCUT2D eigenvalue weighted by atomic mass is 10.1. The minimum absolute atomic E-state index is 0.708. The van der Waals surface area contributed by atoms with Crippen LogP contribution in [0.15, 0.2) is 42.5 Å². The lowest BCUT2D eigenvalue weighted by Crippen LogP contribution is -2.09. The molecule has 0 atom stereocenters. The molecule has 1 aromatic heterocycles. The van der Waals surface area contributed by atoms with Crippen LogP contribution in [0.4, 0.5) is 0 Å². The number of aromatic nitrogens is 2. The number of nitrogens with two attached hydrogens (primary N) is 1. The van der Waals surface area contributed by atoms with Crippen molar-refractivity contribution < 1.29 is 0 Å². The molecule has 0 unspecified atom stereocenters. The van der Waals surface area contributed by atoms with Crippen LogP contribution in [-0.4, -0.2) is 16.1 Å². The number of fused-ring (bicyclic) bond motifs is 1. The van der Waals surface area contributed by atoms with Crippen LogP contribution in [0.25, 0.3) is 11.0 Å². The molecule has 0 saturated carbocycles. The van der Waals surface area contributed by atoms with Crippen molar-refractivity contribution in [1.29, 1.82) is 0 Å². The largest absolute Gasteiger partial charge is 0.330 e. The minimum Gasteiger partial charge on any atom is -0.330 e. The number of imidazole rings is 1. The number of hydrogen-bond acceptors (Lipinski definition) is 2. The molecule has 0 fully saturated rings. The van der Waals surface area contributed by atoms with E-state index >= 15 is 0 Å². The Hall–Kier alpha value is -2.13. The average Bonchev–Trinajstić information content (AvgIpc) is 2.89. The highest BCUT2D eigenvalue weighted by atomic mass is 15.1. The summed E-state index contributed by atoms with van der Waals surface area (Å²) in [5, 5.41) is 0. The molecule has 0 spiro atoms. The molecule has 3 heteroatoms. The Kier molecular flexibility index (Phi) is 4.77. The summed E-state index contributed by atoms with van der Waals surface area (Å²) < 4.78 is 2.38. The van der Waals surface area contributed by atoms with E-state index in [-0.39, 0.29) is 0 Å². The highest BCUT2D eigenvalue weighted by molar-refractivity contribution is 5.78. The summed E-state index contributed by atoms with van der Waals surface area (Å²) in [7, 11) is 0. The van der Waals surface area contributed by atoms with Crippen LogP contribution in [0.2, 0.25) is 0 Å². The van der Waals surface area contributed by atoms with E-state index in [1.807, 2.05) is 0 Å². The Morgan fingerprint density at radius 1 is 1.00 bits per heavy atom. The third kappa shape index (κ3) is 3.45. The molecule has 3 nitrogen and oxygen atoms in total. The summed E-state index contributed by atoms with van der Waals surface area (Å²) in [6.45, 7) is 5.99. The van der Waals surface area contributed by atoms with Crippen molar-refractivity contribution in [3.05, 3.63) is 65.0 Å². The van der Waals surface area contributed by atoms with Gasteiger partial charge in [-0.15, -0.1) is 0 Å². The normalized spacial score (nSPS) is 11.3. The number of rotatable bonds is 6. The van der Waals surface area contributed by atoms with E-state index in [1.54, 1.807) is 0 Å². The first kappa shape index (κ1) is 15.8. The number of hydrogen-bond donors (Lipinski definition) is 1. The third-order valence-electron chi connectivity index (χ3n) is 4.51. The molecule has 1 heterocycles. The van der Waals surface area contributed by atoms with E-state index in [4.69, 9.17) is 10.7 Å². The van der Waals surface area contributed by atoms with Gasteiger partial charge < -0.3 is 10.3 Å². The molecule has 23 heavy (non-hydrogen) atoms. The van der Waals surface area contributed by atoms with Gasteiger partial charge >= 0.3 is 0 Å². The number of nitrogens with zero attached hydrogens (tertiary/aromatic N) is 2. The van der Waals surface area contributed by atoms with E-state index in [2.05, 4.69) is 60.9 Å². The van der Waals surface area contributed by atoms with Crippen molar-refractivity contribution in [3.8, 4) is 0 Å². The van der Waals surface area contributed by atoms with Crippen LogP contribution < -0.4 is 5.73 Å². The standard InChI is InChI=1S/C20H25N3/c1-15-13-18-19(14-16(15)2)23(20(22-18)9-6-11-21)12-10-17-7-4-3-5-8-17/h3-5,7-8,13-14H,6,9-12,21H2,1-2H3. The molecule has 3 rings (SSSR count). The van der Waals surface area contributed by atoms with Crippen molar-refractivity contribution in [2.24, 2.45) is 5.73 Å². The summed E-state index contributed by atoms with van der Waals surface area (Å²) in [6.07, 6.45) is 2.94. The van der Waals surface area contributed by atoms with Gasteiger partial charge in [-0.1, -0.05) is 30.3 Å². The van der Waals surface area contributed by atoms with E-state index in [0.717, 1.165) is 37.1 Å². The molecular formula is C20H25N3. The van der Waals surface area contributed by atoms with Gasteiger partial charge in [0.15, 0.2) is 0 Å². The first-order valence-corrected chi connectivity index (χ1v) is 8.39. The predicted molar refractivity (Wildman–Crippen MR) is 96.7 cm³/mol. The van der Waals surface area contributed by atoms with E-state index < -0.39 is 0 Å². The van der Waals surface area contributed by atoms with Crippen molar-refractivity contribution in [3.63, 3.8) is 0 Å². The topological polar surface area (TPSA) is 43.8 Å². The molecule has 0 saturated heterocycles. The van der Waals surface area contributed by atoms with Gasteiger partial charge in [0, 0.05) is 13.0 Å². The quantitative estimate of drug-likeness (QED) is 0.753. The summed E-state index contributed by atoms with van der Waals surface area (Å²) in [5.74, 6) is 1.16. The Bertz CT molecular complexity index is 788. The molecule has 3 aromatic rings. The van der Waals surface area contributed by atoms with Gasteiger partial charge in [0.25, 0.3) is 0 Å². The van der Waals surface area contributed by atoms with Crippen molar-refractivity contribution in [1.82, 2.24) is 9.55 Å². The van der Waals surface area contributed by atoms with Crippen molar-refractivity contribution in [2.45, 2.75) is 39.7 Å². The van der Waals surface area contributed by atoms with Gasteiger partial charge in [-0.3, -0.25) is 0 Å². The second kappa shape index (κ2) is 6.97. The first-order valence-electron chi connectivity index (χ1n) is 8.39. The zero-order chi connectivity index (χ0) is 16.2. The van der Waals surface area contributed by atoms with Gasteiger partial charge in [0.05, 0.1) is 11.0 Å². The van der Waals surface area contributed by atoms with Crippen LogP contribution in [0.3, 0.4) is 0 Å². The van der Waals surface area contributed by atoms with Gasteiger partial charge in [0.1, 0.15) is 5.82 Å². The molecule has 2 N–H and O–H groups in total. The molecule has 0 aliphatic heterocycles. The zero-order valence-electron chi connectivity index (χ0n) is 14.0. The Labute approximate surface area is 138 Å². The molecule has 0 aliphatic carbocycles. The SMILES string of the molecule is Cc1cc2nc(CCCN)n(CCc3ccccc3)c2cc1C. The van der Waals surface area contributed by atoms with Gasteiger partial charge in [-0.25, -0.2) is 4.98 Å². The number of aryl methyl sites for hydroxylation is 5. The van der Waals surface area contributed by atoms with Crippen molar-refractivity contribution >= 4 is 11.0 Å². The summed E-state index contributed by atoms with van der Waals surface area (Å²) in [5.41, 5.74) is 12.0. The van der Waals surface area contributed by atoms with Crippen LogP contribution in [0.5, 0.6) is 0 Å². The second-order valence-corrected chi connectivity index (χ2v) is 6.23. The summed E-state index contributed by atoms with van der Waals surface area (Å²) >= 11 is 0. The molecular weight excluding hydrogens is 282 g/mol. The number of benzene rings is 2. The highest BCUT2D eigenvalue weighted by Crippen LogP contribution is 2.22. The third-order valence-corrected chi connectivity index (χ3v) is 4.51. The lowest BCUT2D eigenvalue weighted by Gasteiger charge is -2.10. The second-order valence-electron chi connectivity index (χ2n) is 6.23. The molecule has 0 amide bonds. The van der Waals surface area contributed by atoms with Crippen LogP contribution in [0, 0.1) is 13.8 Å². The van der Waals surface area contributed by atoms with Crippen LogP contribution >= 0.6 is 0 Å². The Morgan fingerprint density at radius 3 is 2.48 bits per heavy atom. The summed E-state index contributed by atoms with van der Waals surface area (Å²) in [4.78, 5) is 4.87. The minimum atomic E-state index is 0.708. The maximum absolute atomic E-state index is 5.70. The smallest absolute Gasteiger partial charge is 0.109 e. The molecule has 0 radical (unpaired) electrons. The van der Waals surface area contributed by atoms with Gasteiger partial charge in [0.2, 0.25) is 0 Å². The maximum atomic E-state index is 5.70. The van der Waals surface area contributed by atoms with Gasteiger partial charge in [-0.2, -0.15) is 0 Å². The lowest BCUT2D eigenvalue weighted by molar-refractivity contribution is 0.650. The van der Waals surface area contributed by atoms with Gasteiger partial charge in [-0.05, 0) is 62.1 Å². The predicted octanol–water partition coefficient (Wildman–Crippen LogP) is 3.79. The van der Waals surface area contributed by atoms with E-state index in [0.29, 0.717) is 6.54 Å². The van der Waals surface area contributed by atoms with Crippen molar-refractivity contribution in [2.75, 3.05) is 6.54 Å². The maximum Gasteiger partial charge on any atom is 0.109 e. The molecule has 0 bridgehead atoms. The first-order chi connectivity index (χ1) is 11.2. The average molecular weight is 307 g/mol. The fourth-order valence-electron chi connectivity index (χ4n) is 3.02. The molecule has 2 aromatic carbocycles. The van der Waals surface area contributed by atoms with E-state index in [9.17, 15) is 0 Å². The zero-order valence-corrected chi connectivity index (χ0v) is 14.0. The van der Waals surface area contributed by atoms with Crippen LogP contribution in [0.1, 0.15) is 28.9 Å². The fourth-order valence-corrected chi connectivity index (χ4v) is 3.02. The molecule has 120 valence electrons. The fraction of sp³-hybridized carbons (Fsp3) is 0.350. The van der Waals surface area contributed by atoms with E-state index in [1.165, 1.54) is 22.2 Å². The highest BCUT2D eigenvalue weighted by Gasteiger charge is 2.11. The monoisotopic (exact) mass is 307 g/mol. The Morgan fingerprint density at radius 2 is 1.74 bits per heavy atom.